The molecule has 5 aliphatic rings. The van der Waals surface area contributed by atoms with Gasteiger partial charge >= 0.3 is 0 Å². The van der Waals surface area contributed by atoms with E-state index in [0.717, 1.165) is 75.0 Å². The highest BCUT2D eigenvalue weighted by molar-refractivity contribution is 5.85. The van der Waals surface area contributed by atoms with Crippen LogP contribution in [0, 0.1) is 52.3 Å². The first-order valence-electron chi connectivity index (χ1n) is 14.6. The van der Waals surface area contributed by atoms with Gasteiger partial charge in [-0.2, -0.15) is 0 Å². The first-order valence-corrected chi connectivity index (χ1v) is 14.6. The van der Waals surface area contributed by atoms with Crippen molar-refractivity contribution in [1.82, 2.24) is 9.80 Å². The minimum Gasteiger partial charge on any atom is -0.339 e. The predicted octanol–water partition coefficient (Wildman–Crippen LogP) is 6.00. The molecule has 1 aliphatic heterocycles. The van der Waals surface area contributed by atoms with Crippen molar-refractivity contribution in [3.05, 3.63) is 0 Å². The molecule has 0 aromatic carbocycles. The van der Waals surface area contributed by atoms with Crippen LogP contribution in [0.5, 0.6) is 0 Å². The molecule has 4 nitrogen and oxygen atoms in total. The lowest BCUT2D eigenvalue weighted by Gasteiger charge is -2.48. The Hall–Kier alpha value is -1.06. The summed E-state index contributed by atoms with van der Waals surface area (Å²) >= 11 is 0. The Morgan fingerprint density at radius 3 is 2.00 bits per heavy atom. The first kappa shape index (κ1) is 24.6. The number of rotatable bonds is 3. The van der Waals surface area contributed by atoms with E-state index in [1.807, 2.05) is 4.90 Å². The lowest BCUT2D eigenvalue weighted by Crippen LogP contribution is -2.55. The van der Waals surface area contributed by atoms with E-state index in [-0.39, 0.29) is 16.7 Å². The fourth-order valence-corrected chi connectivity index (χ4v) is 8.56. The molecule has 2 amide bonds. The summed E-state index contributed by atoms with van der Waals surface area (Å²) in [5.74, 6) is 6.00. The van der Waals surface area contributed by atoms with Gasteiger partial charge in [0.1, 0.15) is 0 Å². The van der Waals surface area contributed by atoms with E-state index in [2.05, 4.69) is 39.5 Å². The van der Waals surface area contributed by atoms with E-state index in [9.17, 15) is 9.59 Å². The number of nitrogens with zero attached hydrogens (tertiary/aromatic N) is 2. The Labute approximate surface area is 208 Å². The Morgan fingerprint density at radius 1 is 0.765 bits per heavy atom. The molecule has 0 spiro atoms. The molecule has 1 saturated heterocycles. The highest BCUT2D eigenvalue weighted by Crippen LogP contribution is 2.53. The first-order chi connectivity index (χ1) is 16.1. The summed E-state index contributed by atoms with van der Waals surface area (Å²) < 4.78 is 0. The van der Waals surface area contributed by atoms with Gasteiger partial charge in [-0.1, -0.05) is 41.0 Å². The van der Waals surface area contributed by atoms with Crippen LogP contribution in [-0.2, 0) is 9.59 Å². The number of piperazine rings is 1. The van der Waals surface area contributed by atoms with E-state index in [4.69, 9.17) is 0 Å². The van der Waals surface area contributed by atoms with Crippen LogP contribution >= 0.6 is 0 Å². The molecule has 34 heavy (non-hydrogen) atoms. The number of amides is 2. The molecular weight excluding hydrogens is 420 g/mol. The minimum absolute atomic E-state index is 0.0996. The number of carbonyl (C=O) groups is 2. The van der Waals surface area contributed by atoms with Crippen molar-refractivity contribution in [3.63, 3.8) is 0 Å². The summed E-state index contributed by atoms with van der Waals surface area (Å²) in [5, 5.41) is 0. The number of carbonyl (C=O) groups excluding carboxylic acids is 2. The zero-order chi connectivity index (χ0) is 24.3. The zero-order valence-electron chi connectivity index (χ0n) is 22.7. The van der Waals surface area contributed by atoms with Crippen molar-refractivity contribution in [2.45, 2.75) is 98.8 Å². The van der Waals surface area contributed by atoms with Gasteiger partial charge in [-0.15, -0.1) is 0 Å². The van der Waals surface area contributed by atoms with Crippen molar-refractivity contribution in [2.24, 2.45) is 52.3 Å². The van der Waals surface area contributed by atoms with E-state index < -0.39 is 0 Å². The second-order valence-electron chi connectivity index (χ2n) is 14.4. The summed E-state index contributed by atoms with van der Waals surface area (Å²) in [7, 11) is 0. The molecule has 5 rings (SSSR count). The van der Waals surface area contributed by atoms with Gasteiger partial charge in [-0.25, -0.2) is 0 Å². The summed E-state index contributed by atoms with van der Waals surface area (Å²) in [6.07, 6.45) is 12.9. The molecule has 0 aromatic rings. The highest BCUT2D eigenvalue weighted by atomic mass is 16.2. The topological polar surface area (TPSA) is 40.6 Å². The van der Waals surface area contributed by atoms with Crippen LogP contribution < -0.4 is 0 Å². The van der Waals surface area contributed by atoms with Gasteiger partial charge in [-0.3, -0.25) is 9.59 Å². The SMILES string of the molecule is CC1CCC2CC(C3CCC(C(=O)N4CCN(C(=O)C5(C)CC5)CC4)C(C(C)(C)C)C3)CCC12. The highest BCUT2D eigenvalue weighted by Gasteiger charge is 2.49. The van der Waals surface area contributed by atoms with Crippen LogP contribution in [0.1, 0.15) is 98.8 Å². The molecule has 7 atom stereocenters. The molecule has 192 valence electrons. The Balaban J connectivity index is 1.20. The summed E-state index contributed by atoms with van der Waals surface area (Å²) in [6.45, 7) is 14.6. The van der Waals surface area contributed by atoms with Crippen molar-refractivity contribution < 1.29 is 9.59 Å². The zero-order valence-corrected chi connectivity index (χ0v) is 22.7. The van der Waals surface area contributed by atoms with Crippen LogP contribution in [0.2, 0.25) is 0 Å². The van der Waals surface area contributed by atoms with Crippen molar-refractivity contribution in [3.8, 4) is 0 Å². The average Bonchev–Trinajstić information content (AvgIpc) is 3.48. The average molecular weight is 471 g/mol. The van der Waals surface area contributed by atoms with Crippen molar-refractivity contribution >= 4 is 11.8 Å². The molecule has 4 saturated carbocycles. The summed E-state index contributed by atoms with van der Waals surface area (Å²) in [4.78, 5) is 30.7. The maximum Gasteiger partial charge on any atom is 0.228 e. The van der Waals surface area contributed by atoms with Gasteiger partial charge in [-0.05, 0) is 98.7 Å². The largest absolute Gasteiger partial charge is 0.339 e. The van der Waals surface area contributed by atoms with E-state index >= 15 is 0 Å². The molecule has 1 heterocycles. The molecule has 4 aliphatic carbocycles. The minimum atomic E-state index is -0.0996. The Bertz CT molecular complexity index is 773. The van der Waals surface area contributed by atoms with Gasteiger partial charge in [0, 0.05) is 37.5 Å². The molecule has 5 fully saturated rings. The molecule has 0 bridgehead atoms. The third kappa shape index (κ3) is 4.69. The number of hydrogen-bond acceptors (Lipinski definition) is 2. The maximum absolute atomic E-state index is 13.8. The molecule has 0 N–H and O–H groups in total. The second kappa shape index (κ2) is 9.11. The fourth-order valence-electron chi connectivity index (χ4n) is 8.56. The quantitative estimate of drug-likeness (QED) is 0.508. The molecule has 7 unspecified atom stereocenters. The monoisotopic (exact) mass is 470 g/mol. The number of hydrogen-bond donors (Lipinski definition) is 0. The third-order valence-electron chi connectivity index (χ3n) is 11.2. The van der Waals surface area contributed by atoms with Crippen LogP contribution in [0.3, 0.4) is 0 Å². The third-order valence-corrected chi connectivity index (χ3v) is 11.2. The van der Waals surface area contributed by atoms with Gasteiger partial charge in [0.25, 0.3) is 0 Å². The lowest BCUT2D eigenvalue weighted by molar-refractivity contribution is -0.148. The van der Waals surface area contributed by atoms with Crippen molar-refractivity contribution in [2.75, 3.05) is 26.2 Å². The molecular formula is C30H50N2O2. The van der Waals surface area contributed by atoms with E-state index in [1.165, 1.54) is 44.9 Å². The summed E-state index contributed by atoms with van der Waals surface area (Å²) in [5.41, 5.74) is 0.0635. The Kier molecular flexibility index (Phi) is 6.60. The lowest BCUT2D eigenvalue weighted by atomic mass is 9.58. The van der Waals surface area contributed by atoms with Crippen LogP contribution in [0.4, 0.5) is 0 Å². The van der Waals surface area contributed by atoms with Gasteiger partial charge in [0.15, 0.2) is 0 Å². The summed E-state index contributed by atoms with van der Waals surface area (Å²) in [6, 6.07) is 0. The predicted molar refractivity (Wildman–Crippen MR) is 137 cm³/mol. The van der Waals surface area contributed by atoms with Crippen LogP contribution in [0.15, 0.2) is 0 Å². The Morgan fingerprint density at radius 2 is 1.35 bits per heavy atom. The van der Waals surface area contributed by atoms with Gasteiger partial charge in [0.2, 0.25) is 11.8 Å². The number of fused-ring (bicyclic) bond motifs is 1. The van der Waals surface area contributed by atoms with Crippen LogP contribution in [-0.4, -0.2) is 47.8 Å². The van der Waals surface area contributed by atoms with E-state index in [0.29, 0.717) is 17.7 Å². The van der Waals surface area contributed by atoms with E-state index in [1.54, 1.807) is 0 Å². The smallest absolute Gasteiger partial charge is 0.228 e. The van der Waals surface area contributed by atoms with Gasteiger partial charge < -0.3 is 9.80 Å². The second-order valence-corrected chi connectivity index (χ2v) is 14.4. The van der Waals surface area contributed by atoms with Crippen molar-refractivity contribution in [1.29, 1.82) is 0 Å². The maximum atomic E-state index is 13.8. The fraction of sp³-hybridized carbons (Fsp3) is 0.933. The van der Waals surface area contributed by atoms with Gasteiger partial charge in [0.05, 0.1) is 0 Å². The molecule has 4 heteroatoms. The standard InChI is InChI=1S/C30H50N2O2/c1-20-6-7-23-18-21(8-10-24(20)23)22-9-11-25(26(19-22)29(2,3)4)27(33)31-14-16-32(17-15-31)28(34)30(5)12-13-30/h20-26H,6-19H2,1-5H3. The normalized spacial score (nSPS) is 40.1. The molecule has 0 radical (unpaired) electrons. The molecule has 0 aromatic heterocycles. The van der Waals surface area contributed by atoms with Crippen LogP contribution in [0.25, 0.3) is 0 Å².